The number of nitrogens with zero attached hydrogens (tertiary/aromatic N) is 1. The van der Waals surface area contributed by atoms with Crippen molar-refractivity contribution >= 4 is 61.0 Å². The molecule has 0 amide bonds. The van der Waals surface area contributed by atoms with Crippen LogP contribution in [0.2, 0.25) is 5.02 Å². The molecule has 3 aliphatic carbocycles. The van der Waals surface area contributed by atoms with Crippen LogP contribution >= 0.6 is 55.2 Å². The summed E-state index contributed by atoms with van der Waals surface area (Å²) in [4.78, 5) is 2.10. The van der Waals surface area contributed by atoms with Crippen LogP contribution in [-0.4, -0.2) is 4.57 Å². The number of rotatable bonds is 7. The van der Waals surface area contributed by atoms with Crippen LogP contribution in [0.5, 0.6) is 5.75 Å². The maximum absolute atomic E-state index is 7.78. The minimum absolute atomic E-state index is 0.0404. The van der Waals surface area contributed by atoms with E-state index < -0.39 is 0 Å². The summed E-state index contributed by atoms with van der Waals surface area (Å²) in [6.45, 7) is 15.0. The average molecular weight is 909 g/mol. The highest BCUT2D eigenvalue weighted by Crippen LogP contribution is 2.53. The predicted molar refractivity (Wildman–Crippen MR) is 242 cm³/mol. The topological polar surface area (TPSA) is 40.2 Å². The van der Waals surface area contributed by atoms with Gasteiger partial charge in [0.2, 0.25) is 0 Å². The van der Waals surface area contributed by atoms with Crippen molar-refractivity contribution in [1.29, 1.82) is 0 Å². The first kappa shape index (κ1) is 41.3. The van der Waals surface area contributed by atoms with Crippen molar-refractivity contribution in [2.45, 2.75) is 147 Å². The van der Waals surface area contributed by atoms with Crippen molar-refractivity contribution in [2.75, 3.05) is 0 Å². The molecule has 6 unspecified atom stereocenters. The van der Waals surface area contributed by atoms with Crippen LogP contribution in [0.3, 0.4) is 0 Å². The molecule has 3 saturated carbocycles. The lowest BCUT2D eigenvalue weighted by Crippen LogP contribution is -2.21. The molecule has 3 fully saturated rings. The monoisotopic (exact) mass is 906 g/mol. The third kappa shape index (κ3) is 8.79. The zero-order valence-electron chi connectivity index (χ0n) is 33.8. The summed E-state index contributed by atoms with van der Waals surface area (Å²) in [6.07, 6.45) is 17.6. The van der Waals surface area contributed by atoms with Gasteiger partial charge in [-0.15, -0.1) is 0 Å². The minimum Gasteiger partial charge on any atom is -0.453 e. The van der Waals surface area contributed by atoms with Gasteiger partial charge in [-0.2, -0.15) is 0 Å². The Kier molecular flexibility index (Phi) is 13.2. The molecule has 2 N–H and O–H groups in total. The third-order valence-corrected chi connectivity index (χ3v) is 16.7. The van der Waals surface area contributed by atoms with E-state index in [9.17, 15) is 0 Å². The second kappa shape index (κ2) is 17.6. The van der Waals surface area contributed by atoms with Crippen LogP contribution < -0.4 is 10.5 Å². The van der Waals surface area contributed by atoms with Crippen LogP contribution in [0.15, 0.2) is 84.6 Å². The molecule has 7 rings (SSSR count). The second-order valence-electron chi connectivity index (χ2n) is 18.2. The van der Waals surface area contributed by atoms with Crippen molar-refractivity contribution in [2.24, 2.45) is 29.4 Å². The van der Waals surface area contributed by atoms with E-state index in [4.69, 9.17) is 22.1 Å². The normalized spacial score (nSPS) is 30.5. The summed E-state index contributed by atoms with van der Waals surface area (Å²) >= 11 is 16.8. The summed E-state index contributed by atoms with van der Waals surface area (Å²) in [5.74, 6) is 4.66. The Morgan fingerprint density at radius 2 is 1.29 bits per heavy atom. The molecule has 1 aliphatic heterocycles. The molecule has 1 aromatic heterocycles. The van der Waals surface area contributed by atoms with E-state index in [-0.39, 0.29) is 5.41 Å². The number of allylic oxidation sites excluding steroid dienone is 3. The van der Waals surface area contributed by atoms with E-state index in [0.717, 1.165) is 37.4 Å². The number of fused-ring (bicyclic) bond motifs is 1. The van der Waals surface area contributed by atoms with Gasteiger partial charge in [0, 0.05) is 37.0 Å². The third-order valence-electron chi connectivity index (χ3n) is 13.4. The quantitative estimate of drug-likeness (QED) is 0.257. The standard InChI is InChI=1S/C48H61Br2ClN2OS/c1-29-13-7-10-16-36(29)39-27-28-53-44(38-18-12-9-15-31(38)3)42(50)40(37-17-11-8-14-30(37)2)45(53)46(54-34-23-19-32(20-24-34)48(4,5)6)43(52)47(41(39)49)55-35-25-21-33(51)22-26-35/h19-27,29-31,36-38H,7-18,28,52H2,1-6H3/b39-27+,46-43+,47-41-. The molecule has 2 heterocycles. The highest BCUT2D eigenvalue weighted by Gasteiger charge is 2.39. The summed E-state index contributed by atoms with van der Waals surface area (Å²) in [5.41, 5.74) is 15.2. The Morgan fingerprint density at radius 3 is 1.85 bits per heavy atom. The first-order valence-corrected chi connectivity index (χ1v) is 23.9. The molecular weight excluding hydrogens is 848 g/mol. The smallest absolute Gasteiger partial charge is 0.175 e. The van der Waals surface area contributed by atoms with Crippen molar-refractivity contribution < 1.29 is 4.74 Å². The Bertz CT molecular complexity index is 1940. The van der Waals surface area contributed by atoms with Crippen LogP contribution in [0, 0.1) is 23.7 Å². The maximum atomic E-state index is 7.78. The largest absolute Gasteiger partial charge is 0.453 e. The molecule has 2 aromatic carbocycles. The number of thioether (sulfide) groups is 1. The summed E-state index contributed by atoms with van der Waals surface area (Å²) in [6, 6.07) is 16.9. The summed E-state index contributed by atoms with van der Waals surface area (Å²) in [7, 11) is 0. The molecule has 0 spiro atoms. The van der Waals surface area contributed by atoms with Gasteiger partial charge >= 0.3 is 0 Å². The van der Waals surface area contributed by atoms with Crippen LogP contribution in [-0.2, 0) is 12.0 Å². The Labute approximate surface area is 357 Å². The molecule has 3 nitrogen and oxygen atoms in total. The molecular formula is C48H61Br2ClN2OS. The first-order chi connectivity index (χ1) is 26.3. The van der Waals surface area contributed by atoms with Crippen LogP contribution in [0.1, 0.15) is 153 Å². The highest BCUT2D eigenvalue weighted by molar-refractivity contribution is 9.12. The Balaban J connectivity index is 1.54. The lowest BCUT2D eigenvalue weighted by molar-refractivity contribution is 0.296. The number of benzene rings is 2. The second-order valence-corrected chi connectivity index (χ2v) is 21.3. The van der Waals surface area contributed by atoms with E-state index in [1.165, 1.54) is 110 Å². The Hall–Kier alpha value is -1.86. The van der Waals surface area contributed by atoms with Gasteiger partial charge in [0.1, 0.15) is 5.75 Å². The lowest BCUT2D eigenvalue weighted by atomic mass is 9.75. The average Bonchev–Trinajstić information content (AvgIpc) is 3.45. The molecule has 3 aromatic rings. The molecule has 4 aliphatic rings. The minimum atomic E-state index is 0.0404. The lowest BCUT2D eigenvalue weighted by Gasteiger charge is -2.32. The molecule has 0 saturated heterocycles. The van der Waals surface area contributed by atoms with E-state index in [2.05, 4.69) is 120 Å². The van der Waals surface area contributed by atoms with Gasteiger partial charge < -0.3 is 15.0 Å². The zero-order chi connectivity index (χ0) is 39.0. The Morgan fingerprint density at radius 1 is 0.745 bits per heavy atom. The summed E-state index contributed by atoms with van der Waals surface area (Å²) in [5, 5.41) is 0.730. The van der Waals surface area contributed by atoms with E-state index in [1.54, 1.807) is 11.8 Å². The van der Waals surface area contributed by atoms with Gasteiger partial charge in [-0.3, -0.25) is 0 Å². The van der Waals surface area contributed by atoms with Gasteiger partial charge in [-0.25, -0.2) is 0 Å². The first-order valence-electron chi connectivity index (χ1n) is 21.1. The van der Waals surface area contributed by atoms with Gasteiger partial charge in [0.25, 0.3) is 0 Å². The van der Waals surface area contributed by atoms with Crippen LogP contribution in [0.4, 0.5) is 0 Å². The van der Waals surface area contributed by atoms with Gasteiger partial charge in [0.05, 0.1) is 16.3 Å². The number of ether oxygens (including phenoxy) is 1. The van der Waals surface area contributed by atoms with E-state index >= 15 is 0 Å². The van der Waals surface area contributed by atoms with Crippen molar-refractivity contribution in [3.8, 4) is 5.75 Å². The zero-order valence-corrected chi connectivity index (χ0v) is 38.6. The fourth-order valence-corrected chi connectivity index (χ4v) is 13.0. The number of nitrogens with two attached hydrogens (primary N) is 1. The van der Waals surface area contributed by atoms with Crippen molar-refractivity contribution in [3.05, 3.63) is 107 Å². The fraction of sp³-hybridized carbons (Fsp3) is 0.542. The SMILES string of the molecule is CC1CCCCC1C1=C\Cn2c(c(C3CCCCC3C)c(Br)c2C2CCCCC2C)/C(Oc2ccc(C(C)(C)C)cc2)=C(N)/C(Sc2ccc(Cl)cc2)=C\1Br. The molecule has 7 heteroatoms. The van der Waals surface area contributed by atoms with Crippen molar-refractivity contribution in [3.63, 3.8) is 0 Å². The van der Waals surface area contributed by atoms with Crippen molar-refractivity contribution in [1.82, 2.24) is 4.57 Å². The summed E-state index contributed by atoms with van der Waals surface area (Å²) < 4.78 is 12.4. The van der Waals surface area contributed by atoms with Gasteiger partial charge in [-0.05, 0) is 139 Å². The van der Waals surface area contributed by atoms with Crippen LogP contribution in [0.25, 0.3) is 5.76 Å². The number of aromatic nitrogens is 1. The molecule has 0 bridgehead atoms. The molecule has 6 atom stereocenters. The van der Waals surface area contributed by atoms with Gasteiger partial charge in [0.15, 0.2) is 5.76 Å². The molecule has 296 valence electrons. The maximum Gasteiger partial charge on any atom is 0.175 e. The predicted octanol–water partition coefficient (Wildman–Crippen LogP) is 15.7. The fourth-order valence-electron chi connectivity index (χ4n) is 10.0. The van der Waals surface area contributed by atoms with Gasteiger partial charge in [-0.1, -0.05) is 141 Å². The van der Waals surface area contributed by atoms with E-state index in [0.29, 0.717) is 41.2 Å². The molecule has 55 heavy (non-hydrogen) atoms. The highest BCUT2D eigenvalue weighted by atomic mass is 79.9. The number of halogens is 3. The number of hydrogen-bond donors (Lipinski definition) is 1. The van der Waals surface area contributed by atoms with E-state index in [1.807, 2.05) is 12.1 Å². The number of hydrogen-bond acceptors (Lipinski definition) is 3. The molecule has 0 radical (unpaired) electrons.